The van der Waals surface area contributed by atoms with Gasteiger partial charge in [-0.05, 0) is 62.2 Å². The lowest BCUT2D eigenvalue weighted by molar-refractivity contribution is -0.00100. The molecule has 0 aromatic heterocycles. The third-order valence-corrected chi connectivity index (χ3v) is 4.49. The molecule has 0 unspecified atom stereocenters. The summed E-state index contributed by atoms with van der Waals surface area (Å²) in [5.74, 6) is 1.43. The Morgan fingerprint density at radius 2 is 1.69 bits per heavy atom. The predicted molar refractivity (Wildman–Crippen MR) is 94.5 cm³/mol. The number of ether oxygens (including phenoxy) is 1. The number of benzene rings is 2. The van der Waals surface area contributed by atoms with Crippen LogP contribution in [0.15, 0.2) is 48.5 Å². The maximum Gasteiger partial charge on any atom is 0.124 e. The van der Waals surface area contributed by atoms with Gasteiger partial charge in [0, 0.05) is 12.1 Å². The SMILES string of the molecule is Fc1ccc(COc2ccccc2CNCC2CCNCC2)cc1.[Cl-].[Cl-]. The Balaban J connectivity index is 0.00000169. The van der Waals surface area contributed by atoms with Gasteiger partial charge in [0.1, 0.15) is 18.2 Å². The van der Waals surface area contributed by atoms with Crippen molar-refractivity contribution in [3.8, 4) is 5.75 Å². The summed E-state index contributed by atoms with van der Waals surface area (Å²) in [5, 5.41) is 6.96. The Kier molecular flexibility index (Phi) is 10.6. The summed E-state index contributed by atoms with van der Waals surface area (Å²) in [6.45, 7) is 4.57. The van der Waals surface area contributed by atoms with Crippen LogP contribution in [0.5, 0.6) is 5.75 Å². The van der Waals surface area contributed by atoms with E-state index in [-0.39, 0.29) is 30.6 Å². The smallest absolute Gasteiger partial charge is 0.124 e. The molecule has 0 radical (unpaired) electrons. The lowest BCUT2D eigenvalue weighted by Gasteiger charge is -2.23. The minimum Gasteiger partial charge on any atom is -1.00 e. The number of piperidine rings is 1. The molecule has 3 rings (SSSR count). The molecule has 1 fully saturated rings. The van der Waals surface area contributed by atoms with Gasteiger partial charge >= 0.3 is 0 Å². The number of halogens is 3. The highest BCUT2D eigenvalue weighted by molar-refractivity contribution is 5.33. The maximum absolute atomic E-state index is 13.0. The molecule has 3 nitrogen and oxygen atoms in total. The summed E-state index contributed by atoms with van der Waals surface area (Å²) in [4.78, 5) is 0. The molecule has 2 aromatic rings. The van der Waals surface area contributed by atoms with Gasteiger partial charge in [-0.25, -0.2) is 4.39 Å². The zero-order chi connectivity index (χ0) is 16.6. The van der Waals surface area contributed by atoms with Crippen LogP contribution in [0.4, 0.5) is 4.39 Å². The van der Waals surface area contributed by atoms with E-state index in [0.717, 1.165) is 49.0 Å². The number of nitrogens with one attached hydrogen (secondary N) is 2. The normalized spacial score (nSPS) is 14.2. The van der Waals surface area contributed by atoms with Crippen LogP contribution in [0.2, 0.25) is 0 Å². The second-order valence-corrected chi connectivity index (χ2v) is 6.35. The molecule has 0 atom stereocenters. The number of hydrogen-bond donors (Lipinski definition) is 2. The highest BCUT2D eigenvalue weighted by atomic mass is 35.5. The number of para-hydroxylation sites is 1. The van der Waals surface area contributed by atoms with Gasteiger partial charge in [0.25, 0.3) is 0 Å². The van der Waals surface area contributed by atoms with Gasteiger partial charge in [-0.1, -0.05) is 30.3 Å². The summed E-state index contributed by atoms with van der Waals surface area (Å²) in [5.41, 5.74) is 2.13. The molecule has 0 bridgehead atoms. The molecule has 0 spiro atoms. The van der Waals surface area contributed by atoms with Gasteiger partial charge in [-0.2, -0.15) is 0 Å². The van der Waals surface area contributed by atoms with Crippen LogP contribution >= 0.6 is 0 Å². The van der Waals surface area contributed by atoms with Crippen LogP contribution in [0.3, 0.4) is 0 Å². The van der Waals surface area contributed by atoms with E-state index in [1.807, 2.05) is 18.2 Å². The van der Waals surface area contributed by atoms with E-state index >= 15 is 0 Å². The van der Waals surface area contributed by atoms with Gasteiger partial charge in [0.05, 0.1) is 0 Å². The minimum absolute atomic E-state index is 0. The van der Waals surface area contributed by atoms with Crippen LogP contribution in [0, 0.1) is 11.7 Å². The lowest BCUT2D eigenvalue weighted by Crippen LogP contribution is -3.00. The third kappa shape index (κ3) is 7.12. The first-order valence-electron chi connectivity index (χ1n) is 8.68. The van der Waals surface area contributed by atoms with Crippen LogP contribution in [-0.2, 0) is 13.2 Å². The molecule has 2 aromatic carbocycles. The van der Waals surface area contributed by atoms with Crippen LogP contribution < -0.4 is 40.2 Å². The van der Waals surface area contributed by atoms with Gasteiger partial charge in [-0.3, -0.25) is 0 Å². The fourth-order valence-corrected chi connectivity index (χ4v) is 3.03. The van der Waals surface area contributed by atoms with Gasteiger partial charge in [0.2, 0.25) is 0 Å². The predicted octanol–water partition coefficient (Wildman–Crippen LogP) is -2.50. The van der Waals surface area contributed by atoms with E-state index in [9.17, 15) is 4.39 Å². The Bertz CT molecular complexity index is 634. The van der Waals surface area contributed by atoms with E-state index in [1.165, 1.54) is 25.0 Å². The highest BCUT2D eigenvalue weighted by Gasteiger charge is 2.12. The third-order valence-electron chi connectivity index (χ3n) is 4.49. The lowest BCUT2D eigenvalue weighted by atomic mass is 9.98. The molecule has 1 aliphatic heterocycles. The fourth-order valence-electron chi connectivity index (χ4n) is 3.03. The van der Waals surface area contributed by atoms with E-state index in [0.29, 0.717) is 6.61 Å². The standard InChI is InChI=1S/C20H25FN2O.2ClH/c21-19-7-5-17(6-8-19)15-24-20-4-2-1-3-18(20)14-23-13-16-9-11-22-12-10-16;;/h1-8,16,22-23H,9-15H2;2*1H/p-2. The van der Waals surface area contributed by atoms with Crippen molar-refractivity contribution in [1.82, 2.24) is 10.6 Å². The average molecular weight is 399 g/mol. The molecule has 26 heavy (non-hydrogen) atoms. The summed E-state index contributed by atoms with van der Waals surface area (Å²) < 4.78 is 18.9. The van der Waals surface area contributed by atoms with Crippen LogP contribution in [-0.4, -0.2) is 19.6 Å². The maximum atomic E-state index is 13.0. The van der Waals surface area contributed by atoms with E-state index in [4.69, 9.17) is 4.74 Å². The van der Waals surface area contributed by atoms with Crippen molar-refractivity contribution in [2.45, 2.75) is 26.0 Å². The summed E-state index contributed by atoms with van der Waals surface area (Å²) in [7, 11) is 0. The molecule has 0 amide bonds. The molecule has 0 saturated carbocycles. The molecule has 1 saturated heterocycles. The average Bonchev–Trinajstić information content (AvgIpc) is 2.63. The number of rotatable bonds is 7. The quantitative estimate of drug-likeness (QED) is 0.541. The highest BCUT2D eigenvalue weighted by Crippen LogP contribution is 2.20. The van der Waals surface area contributed by atoms with Crippen molar-refractivity contribution in [2.75, 3.05) is 19.6 Å². The Morgan fingerprint density at radius 1 is 1.00 bits per heavy atom. The van der Waals surface area contributed by atoms with E-state index in [1.54, 1.807) is 12.1 Å². The second-order valence-electron chi connectivity index (χ2n) is 6.35. The van der Waals surface area contributed by atoms with Crippen molar-refractivity contribution in [3.05, 3.63) is 65.5 Å². The zero-order valence-electron chi connectivity index (χ0n) is 14.7. The van der Waals surface area contributed by atoms with Gasteiger partial charge < -0.3 is 40.2 Å². The molecular formula is C20H25Cl2FN2O-2. The first-order chi connectivity index (χ1) is 11.8. The fraction of sp³-hybridized carbons (Fsp3) is 0.400. The van der Waals surface area contributed by atoms with E-state index < -0.39 is 0 Å². The summed E-state index contributed by atoms with van der Waals surface area (Å²) in [6, 6.07) is 14.5. The second kappa shape index (κ2) is 12.1. The summed E-state index contributed by atoms with van der Waals surface area (Å²) in [6.07, 6.45) is 2.49. The molecule has 144 valence electrons. The topological polar surface area (TPSA) is 33.3 Å². The monoisotopic (exact) mass is 398 g/mol. The van der Waals surface area contributed by atoms with Crippen molar-refractivity contribution >= 4 is 0 Å². The zero-order valence-corrected chi connectivity index (χ0v) is 16.2. The van der Waals surface area contributed by atoms with Gasteiger partial charge in [-0.15, -0.1) is 0 Å². The molecule has 1 heterocycles. The first-order valence-corrected chi connectivity index (χ1v) is 8.68. The van der Waals surface area contributed by atoms with Crippen molar-refractivity contribution < 1.29 is 33.9 Å². The molecule has 6 heteroatoms. The minimum atomic E-state index is -0.221. The van der Waals surface area contributed by atoms with E-state index in [2.05, 4.69) is 16.7 Å². The number of hydrogen-bond acceptors (Lipinski definition) is 3. The van der Waals surface area contributed by atoms with Gasteiger partial charge in [0.15, 0.2) is 0 Å². The molecule has 2 N–H and O–H groups in total. The molecule has 0 aliphatic carbocycles. The Morgan fingerprint density at radius 3 is 2.42 bits per heavy atom. The first kappa shape index (κ1) is 22.7. The molecular weight excluding hydrogens is 374 g/mol. The van der Waals surface area contributed by atoms with Crippen molar-refractivity contribution in [3.63, 3.8) is 0 Å². The Labute approximate surface area is 167 Å². The van der Waals surface area contributed by atoms with Crippen LogP contribution in [0.25, 0.3) is 0 Å². The van der Waals surface area contributed by atoms with Crippen molar-refractivity contribution in [2.24, 2.45) is 5.92 Å². The van der Waals surface area contributed by atoms with Crippen molar-refractivity contribution in [1.29, 1.82) is 0 Å². The largest absolute Gasteiger partial charge is 1.00 e. The Hall–Kier alpha value is -1.33. The van der Waals surface area contributed by atoms with Crippen LogP contribution in [0.1, 0.15) is 24.0 Å². The molecule has 1 aliphatic rings. The summed E-state index contributed by atoms with van der Waals surface area (Å²) >= 11 is 0.